The predicted molar refractivity (Wildman–Crippen MR) is 118 cm³/mol. The first-order valence-corrected chi connectivity index (χ1v) is 10.7. The van der Waals surface area contributed by atoms with Gasteiger partial charge in [0.25, 0.3) is 11.1 Å². The average molecular weight is 508 g/mol. The van der Waals surface area contributed by atoms with Crippen LogP contribution in [-0.2, 0) is 9.59 Å². The van der Waals surface area contributed by atoms with Crippen molar-refractivity contribution in [1.29, 1.82) is 0 Å². The largest absolute Gasteiger partial charge is 0.493 e. The molecule has 0 spiro atoms. The monoisotopic (exact) mass is 507 g/mol. The number of amides is 2. The van der Waals surface area contributed by atoms with Crippen LogP contribution in [0.1, 0.15) is 5.56 Å². The Morgan fingerprint density at radius 1 is 1.13 bits per heavy atom. The van der Waals surface area contributed by atoms with Gasteiger partial charge in [0, 0.05) is 0 Å². The third kappa shape index (κ3) is 5.80. The molecule has 10 heteroatoms. The van der Waals surface area contributed by atoms with E-state index in [-0.39, 0.29) is 23.3 Å². The van der Waals surface area contributed by atoms with E-state index in [1.807, 2.05) is 6.07 Å². The molecule has 2 aromatic rings. The Bertz CT molecular complexity index is 1040. The normalized spacial score (nSPS) is 14.8. The summed E-state index contributed by atoms with van der Waals surface area (Å²) in [5.74, 6) is -0.0260. The molecule has 0 bridgehead atoms. The first kappa shape index (κ1) is 22.7. The number of hydrogen-bond acceptors (Lipinski definition) is 7. The summed E-state index contributed by atoms with van der Waals surface area (Å²) in [5, 5.41) is 8.32. The molecule has 2 aromatic carbocycles. The van der Waals surface area contributed by atoms with Crippen molar-refractivity contribution in [2.75, 3.05) is 26.9 Å². The number of carbonyl (C=O) groups is 3. The van der Waals surface area contributed by atoms with Gasteiger partial charge >= 0.3 is 5.97 Å². The van der Waals surface area contributed by atoms with Gasteiger partial charge in [-0.2, -0.15) is 0 Å². The van der Waals surface area contributed by atoms with Crippen LogP contribution < -0.4 is 14.2 Å². The SMILES string of the molecule is COc1ccccc1OCCN1C(=O)S/C(=C\c2ccc(OCC(=O)O)c(Br)c2)C1=O. The quantitative estimate of drug-likeness (QED) is 0.507. The fourth-order valence-corrected chi connectivity index (χ4v) is 4.07. The number of carbonyl (C=O) groups excluding carboxylic acids is 2. The van der Waals surface area contributed by atoms with Gasteiger partial charge in [-0.3, -0.25) is 14.5 Å². The van der Waals surface area contributed by atoms with Crippen molar-refractivity contribution in [3.63, 3.8) is 0 Å². The van der Waals surface area contributed by atoms with Crippen LogP contribution in [0.15, 0.2) is 51.8 Å². The lowest BCUT2D eigenvalue weighted by molar-refractivity contribution is -0.139. The van der Waals surface area contributed by atoms with E-state index in [9.17, 15) is 14.4 Å². The highest BCUT2D eigenvalue weighted by atomic mass is 79.9. The van der Waals surface area contributed by atoms with Crippen molar-refractivity contribution in [2.45, 2.75) is 0 Å². The smallest absolute Gasteiger partial charge is 0.341 e. The molecule has 0 saturated carbocycles. The number of halogens is 1. The van der Waals surface area contributed by atoms with Crippen molar-refractivity contribution in [2.24, 2.45) is 0 Å². The Morgan fingerprint density at radius 3 is 2.55 bits per heavy atom. The molecule has 1 heterocycles. The number of aliphatic carboxylic acids is 1. The molecule has 3 rings (SSSR count). The number of para-hydroxylation sites is 2. The van der Waals surface area contributed by atoms with E-state index < -0.39 is 18.5 Å². The molecule has 1 saturated heterocycles. The van der Waals surface area contributed by atoms with Gasteiger partial charge in [-0.15, -0.1) is 0 Å². The molecule has 0 atom stereocenters. The Hall–Kier alpha value is -2.98. The highest BCUT2D eigenvalue weighted by Crippen LogP contribution is 2.34. The summed E-state index contributed by atoms with van der Waals surface area (Å²) in [7, 11) is 1.53. The van der Waals surface area contributed by atoms with Crippen LogP contribution in [0.5, 0.6) is 17.2 Å². The van der Waals surface area contributed by atoms with E-state index in [4.69, 9.17) is 19.3 Å². The second-order valence-corrected chi connectivity index (χ2v) is 8.05. The summed E-state index contributed by atoms with van der Waals surface area (Å²) in [6.07, 6.45) is 1.59. The maximum Gasteiger partial charge on any atom is 0.341 e. The van der Waals surface area contributed by atoms with Crippen molar-refractivity contribution in [3.8, 4) is 17.2 Å². The molecular formula is C21H18BrNO7S. The molecule has 8 nitrogen and oxygen atoms in total. The minimum absolute atomic E-state index is 0.103. The molecule has 1 aliphatic rings. The van der Waals surface area contributed by atoms with Gasteiger partial charge in [0.05, 0.1) is 23.0 Å². The van der Waals surface area contributed by atoms with Crippen LogP contribution in [0.2, 0.25) is 0 Å². The van der Waals surface area contributed by atoms with E-state index in [2.05, 4.69) is 15.9 Å². The molecule has 2 amide bonds. The molecule has 1 N–H and O–H groups in total. The van der Waals surface area contributed by atoms with Crippen molar-refractivity contribution in [3.05, 3.63) is 57.4 Å². The van der Waals surface area contributed by atoms with Gasteiger partial charge in [0.2, 0.25) is 0 Å². The van der Waals surface area contributed by atoms with Gasteiger partial charge in [-0.1, -0.05) is 18.2 Å². The third-order valence-electron chi connectivity index (χ3n) is 4.12. The maximum atomic E-state index is 12.6. The zero-order valence-corrected chi connectivity index (χ0v) is 18.8. The van der Waals surface area contributed by atoms with E-state index in [1.165, 1.54) is 7.11 Å². The van der Waals surface area contributed by atoms with Crippen molar-refractivity contribution >= 4 is 50.9 Å². The van der Waals surface area contributed by atoms with E-state index in [0.717, 1.165) is 16.7 Å². The molecule has 0 aliphatic carbocycles. The lowest BCUT2D eigenvalue weighted by atomic mass is 10.2. The van der Waals surface area contributed by atoms with Crippen molar-refractivity contribution < 1.29 is 33.7 Å². The summed E-state index contributed by atoms with van der Waals surface area (Å²) >= 11 is 4.16. The summed E-state index contributed by atoms with van der Waals surface area (Å²) in [6.45, 7) is -0.230. The number of thioether (sulfide) groups is 1. The van der Waals surface area contributed by atoms with Gasteiger partial charge in [-0.25, -0.2) is 4.79 Å². The lowest BCUT2D eigenvalue weighted by Crippen LogP contribution is -2.32. The minimum atomic E-state index is -1.08. The van der Waals surface area contributed by atoms with Crippen LogP contribution in [0.4, 0.5) is 4.79 Å². The van der Waals surface area contributed by atoms with Crippen LogP contribution in [0.25, 0.3) is 6.08 Å². The van der Waals surface area contributed by atoms with Gasteiger partial charge in [-0.05, 0) is 63.6 Å². The number of methoxy groups -OCH3 is 1. The molecule has 1 aliphatic heterocycles. The Morgan fingerprint density at radius 2 is 1.87 bits per heavy atom. The molecule has 31 heavy (non-hydrogen) atoms. The predicted octanol–water partition coefficient (Wildman–Crippen LogP) is 4.04. The highest BCUT2D eigenvalue weighted by Gasteiger charge is 2.34. The van der Waals surface area contributed by atoms with Gasteiger partial charge < -0.3 is 19.3 Å². The first-order valence-electron chi connectivity index (χ1n) is 9.04. The van der Waals surface area contributed by atoms with E-state index in [0.29, 0.717) is 27.3 Å². The molecule has 0 radical (unpaired) electrons. The summed E-state index contributed by atoms with van der Waals surface area (Å²) < 4.78 is 16.5. The number of carboxylic acid groups (broad SMARTS) is 1. The number of benzene rings is 2. The fraction of sp³-hybridized carbons (Fsp3) is 0.190. The Kier molecular flexibility index (Phi) is 7.59. The minimum Gasteiger partial charge on any atom is -0.493 e. The van der Waals surface area contributed by atoms with E-state index >= 15 is 0 Å². The zero-order valence-electron chi connectivity index (χ0n) is 16.4. The number of carboxylic acids is 1. The number of ether oxygens (including phenoxy) is 3. The fourth-order valence-electron chi connectivity index (χ4n) is 2.69. The summed E-state index contributed by atoms with van der Waals surface area (Å²) in [4.78, 5) is 37.0. The topological polar surface area (TPSA) is 102 Å². The highest BCUT2D eigenvalue weighted by molar-refractivity contribution is 9.10. The molecule has 162 valence electrons. The molecule has 1 fully saturated rings. The van der Waals surface area contributed by atoms with Crippen LogP contribution in [0.3, 0.4) is 0 Å². The van der Waals surface area contributed by atoms with Crippen LogP contribution >= 0.6 is 27.7 Å². The molecule has 0 aromatic heterocycles. The van der Waals surface area contributed by atoms with Crippen LogP contribution in [-0.4, -0.2) is 54.0 Å². The number of rotatable bonds is 9. The average Bonchev–Trinajstić information content (AvgIpc) is 3.00. The molecule has 0 unspecified atom stereocenters. The Labute approximate surface area is 190 Å². The second kappa shape index (κ2) is 10.4. The van der Waals surface area contributed by atoms with Crippen LogP contribution in [0, 0.1) is 0 Å². The number of imide groups is 1. The van der Waals surface area contributed by atoms with Gasteiger partial charge in [0.15, 0.2) is 18.1 Å². The summed E-state index contributed by atoms with van der Waals surface area (Å²) in [5.41, 5.74) is 0.658. The number of hydrogen-bond donors (Lipinski definition) is 1. The molecular weight excluding hydrogens is 490 g/mol. The standard InChI is InChI=1S/C21H18BrNO7S/c1-28-16-4-2-3-5-17(16)29-9-8-23-20(26)18(31-21(23)27)11-13-6-7-15(14(22)10-13)30-12-19(24)25/h2-7,10-11H,8-9,12H2,1H3,(H,24,25)/b18-11-. The Balaban J connectivity index is 1.63. The maximum absolute atomic E-state index is 12.6. The zero-order chi connectivity index (χ0) is 22.4. The van der Waals surface area contributed by atoms with E-state index in [1.54, 1.807) is 42.5 Å². The number of nitrogens with zero attached hydrogens (tertiary/aromatic N) is 1. The summed E-state index contributed by atoms with van der Waals surface area (Å²) in [6, 6.07) is 12.1. The van der Waals surface area contributed by atoms with Crippen molar-refractivity contribution in [1.82, 2.24) is 4.90 Å². The first-order chi connectivity index (χ1) is 14.9. The second-order valence-electron chi connectivity index (χ2n) is 6.20. The van der Waals surface area contributed by atoms with Gasteiger partial charge in [0.1, 0.15) is 12.4 Å². The lowest BCUT2D eigenvalue weighted by Gasteiger charge is -2.14. The third-order valence-corrected chi connectivity index (χ3v) is 5.65.